The molecule has 4 aromatic rings. The highest BCUT2D eigenvalue weighted by atomic mass is 32.2. The predicted octanol–water partition coefficient (Wildman–Crippen LogP) is 7.62. The molecule has 2 atom stereocenters. The molecule has 5 rings (SSSR count). The third-order valence-corrected chi connectivity index (χ3v) is 9.62. The van der Waals surface area contributed by atoms with E-state index in [0.717, 1.165) is 42.2 Å². The number of aryl methyl sites for hydroxylation is 1. The lowest BCUT2D eigenvalue weighted by Gasteiger charge is -2.31. The molecule has 3 aromatic carbocycles. The molecule has 220 valence electrons. The average Bonchev–Trinajstić information content (AvgIpc) is 3.34. The summed E-state index contributed by atoms with van der Waals surface area (Å²) >= 11 is 0. The highest BCUT2D eigenvalue weighted by Gasteiger charge is 2.32. The number of fused-ring (bicyclic) bond motifs is 1. The zero-order chi connectivity index (χ0) is 30.2. The Morgan fingerprint density at radius 1 is 1.05 bits per heavy atom. The molecule has 42 heavy (non-hydrogen) atoms. The molecule has 0 spiro atoms. The number of anilines is 1. The van der Waals surface area contributed by atoms with Crippen molar-refractivity contribution in [3.05, 3.63) is 88.7 Å². The van der Waals surface area contributed by atoms with Crippen LogP contribution in [0.4, 0.5) is 10.1 Å². The molecule has 1 aliphatic rings. The summed E-state index contributed by atoms with van der Waals surface area (Å²) in [5, 5.41) is 0.645. The fraction of sp³-hybridized carbons (Fsp3) is 0.353. The minimum absolute atomic E-state index is 0.0520. The van der Waals surface area contributed by atoms with E-state index in [9.17, 15) is 22.4 Å². The third-order valence-electron chi connectivity index (χ3n) is 8.42. The number of nitrogens with zero attached hydrogens (tertiary/aromatic N) is 1. The van der Waals surface area contributed by atoms with Crippen molar-refractivity contribution < 1.29 is 26.8 Å². The fourth-order valence-corrected chi connectivity index (χ4v) is 6.56. The Morgan fingerprint density at radius 2 is 1.79 bits per heavy atom. The van der Waals surface area contributed by atoms with Crippen molar-refractivity contribution >= 4 is 38.2 Å². The first-order valence-electron chi connectivity index (χ1n) is 14.4. The molecule has 0 N–H and O–H groups in total. The first-order valence-corrected chi connectivity index (χ1v) is 16.2. The number of carbonyl (C=O) groups excluding carboxylic acids is 2. The maximum atomic E-state index is 13.7. The molecule has 1 unspecified atom stereocenters. The summed E-state index contributed by atoms with van der Waals surface area (Å²) in [6.07, 6.45) is 4.44. The van der Waals surface area contributed by atoms with Crippen LogP contribution in [0.1, 0.15) is 72.0 Å². The van der Waals surface area contributed by atoms with Crippen molar-refractivity contribution in [2.24, 2.45) is 5.92 Å². The third kappa shape index (κ3) is 6.04. The molecule has 1 saturated carbocycles. The highest BCUT2D eigenvalue weighted by molar-refractivity contribution is 7.92. The van der Waals surface area contributed by atoms with Gasteiger partial charge in [0.15, 0.2) is 5.78 Å². The SMILES string of the molecule is CCC(=O)c1c(-c2ccc(C)cc2)oc2cc(N(C)S(C)(=O)=O)c([C@H]3CCCC(C(=O)Cc4cccc(F)c4)C3)cc12. The summed E-state index contributed by atoms with van der Waals surface area (Å²) in [6.45, 7) is 3.79. The Bertz CT molecular complexity index is 1760. The average molecular weight is 590 g/mol. The second-order valence-electron chi connectivity index (χ2n) is 11.4. The monoisotopic (exact) mass is 589 g/mol. The fourth-order valence-electron chi connectivity index (χ4n) is 6.05. The van der Waals surface area contributed by atoms with Crippen molar-refractivity contribution in [2.75, 3.05) is 17.6 Å². The number of benzene rings is 3. The van der Waals surface area contributed by atoms with Gasteiger partial charge in [0.25, 0.3) is 0 Å². The van der Waals surface area contributed by atoms with Gasteiger partial charge in [0.2, 0.25) is 10.0 Å². The molecule has 0 radical (unpaired) electrons. The number of ketones is 2. The molecule has 6 nitrogen and oxygen atoms in total. The van der Waals surface area contributed by atoms with Crippen LogP contribution in [0, 0.1) is 18.7 Å². The van der Waals surface area contributed by atoms with Crippen LogP contribution < -0.4 is 4.31 Å². The van der Waals surface area contributed by atoms with Gasteiger partial charge in [-0.3, -0.25) is 13.9 Å². The van der Waals surface area contributed by atoms with Gasteiger partial charge in [-0.15, -0.1) is 0 Å². The molecule has 0 bridgehead atoms. The lowest BCUT2D eigenvalue weighted by molar-refractivity contribution is -0.123. The molecular weight excluding hydrogens is 553 g/mol. The van der Waals surface area contributed by atoms with Crippen molar-refractivity contribution in [3.8, 4) is 11.3 Å². The lowest BCUT2D eigenvalue weighted by Crippen LogP contribution is -2.28. The van der Waals surface area contributed by atoms with Crippen LogP contribution >= 0.6 is 0 Å². The molecule has 1 fully saturated rings. The van der Waals surface area contributed by atoms with E-state index in [1.165, 1.54) is 23.5 Å². The summed E-state index contributed by atoms with van der Waals surface area (Å²) in [5.41, 5.74) is 4.68. The van der Waals surface area contributed by atoms with E-state index in [-0.39, 0.29) is 42.1 Å². The number of rotatable bonds is 9. The summed E-state index contributed by atoms with van der Waals surface area (Å²) in [6, 6.07) is 17.5. The Labute approximate surface area is 246 Å². The van der Waals surface area contributed by atoms with E-state index in [1.54, 1.807) is 18.2 Å². The van der Waals surface area contributed by atoms with Gasteiger partial charge in [-0.1, -0.05) is 55.3 Å². The van der Waals surface area contributed by atoms with Crippen molar-refractivity contribution in [3.63, 3.8) is 0 Å². The van der Waals surface area contributed by atoms with Crippen LogP contribution in [0.3, 0.4) is 0 Å². The molecule has 1 aliphatic carbocycles. The van der Waals surface area contributed by atoms with Crippen LogP contribution in [0.15, 0.2) is 65.1 Å². The zero-order valence-corrected chi connectivity index (χ0v) is 25.3. The van der Waals surface area contributed by atoms with Crippen LogP contribution in [-0.2, 0) is 21.2 Å². The number of Topliss-reactive ketones (excluding diaryl/α,β-unsaturated/α-hetero) is 2. The zero-order valence-electron chi connectivity index (χ0n) is 24.4. The second kappa shape index (κ2) is 11.8. The van der Waals surface area contributed by atoms with Gasteiger partial charge < -0.3 is 4.42 Å². The number of hydrogen-bond donors (Lipinski definition) is 0. The maximum Gasteiger partial charge on any atom is 0.232 e. The normalized spacial score (nSPS) is 17.4. The van der Waals surface area contributed by atoms with E-state index in [0.29, 0.717) is 40.0 Å². The summed E-state index contributed by atoms with van der Waals surface area (Å²) in [7, 11) is -2.11. The Hall–Kier alpha value is -3.78. The number of halogens is 1. The minimum atomic E-state index is -3.62. The van der Waals surface area contributed by atoms with Crippen molar-refractivity contribution in [2.45, 2.75) is 58.3 Å². The minimum Gasteiger partial charge on any atom is -0.455 e. The summed E-state index contributed by atoms with van der Waals surface area (Å²) in [5.74, 6) is -0.253. The predicted molar refractivity (Wildman–Crippen MR) is 164 cm³/mol. The lowest BCUT2D eigenvalue weighted by atomic mass is 9.75. The smallest absolute Gasteiger partial charge is 0.232 e. The van der Waals surface area contributed by atoms with Crippen LogP contribution in [-0.4, -0.2) is 33.3 Å². The molecule has 8 heteroatoms. The molecule has 0 aliphatic heterocycles. The number of furan rings is 1. The van der Waals surface area contributed by atoms with Gasteiger partial charge >= 0.3 is 0 Å². The van der Waals surface area contributed by atoms with Gasteiger partial charge in [-0.25, -0.2) is 12.8 Å². The van der Waals surface area contributed by atoms with E-state index >= 15 is 0 Å². The van der Waals surface area contributed by atoms with E-state index in [1.807, 2.05) is 44.2 Å². The van der Waals surface area contributed by atoms with Gasteiger partial charge in [0.1, 0.15) is 22.9 Å². The van der Waals surface area contributed by atoms with Gasteiger partial charge in [0.05, 0.1) is 17.5 Å². The Kier molecular flexibility index (Phi) is 8.37. The molecule has 1 heterocycles. The highest BCUT2D eigenvalue weighted by Crippen LogP contribution is 2.45. The quantitative estimate of drug-likeness (QED) is 0.188. The number of hydrogen-bond acceptors (Lipinski definition) is 5. The molecular formula is C34H36FNO5S. The number of carbonyl (C=O) groups is 2. The molecule has 0 amide bonds. The summed E-state index contributed by atoms with van der Waals surface area (Å²) < 4.78 is 46.8. The first kappa shape index (κ1) is 29.7. The van der Waals surface area contributed by atoms with E-state index in [4.69, 9.17) is 4.42 Å². The topological polar surface area (TPSA) is 84.7 Å². The second-order valence-corrected chi connectivity index (χ2v) is 13.4. The van der Waals surface area contributed by atoms with E-state index in [2.05, 4.69) is 0 Å². The first-order chi connectivity index (χ1) is 20.0. The van der Waals surface area contributed by atoms with Crippen molar-refractivity contribution in [1.82, 2.24) is 0 Å². The standard InChI is InChI=1S/C34H36FNO5S/c1-5-30(37)33-28-19-27(24-9-7-10-25(18-24)31(38)17-22-8-6-11-26(35)16-22)29(36(3)42(4,39)40)20-32(28)41-34(33)23-14-12-21(2)13-15-23/h6,8,11-16,19-20,24-25H,5,7,9-10,17-18H2,1-4H3/t24-,25?/m0/s1. The van der Waals surface area contributed by atoms with Crippen LogP contribution in [0.5, 0.6) is 0 Å². The van der Waals surface area contributed by atoms with Gasteiger partial charge in [-0.2, -0.15) is 0 Å². The largest absolute Gasteiger partial charge is 0.455 e. The maximum absolute atomic E-state index is 13.7. The van der Waals surface area contributed by atoms with Crippen molar-refractivity contribution in [1.29, 1.82) is 0 Å². The summed E-state index contributed by atoms with van der Waals surface area (Å²) in [4.78, 5) is 26.6. The van der Waals surface area contributed by atoms with Crippen LogP contribution in [0.25, 0.3) is 22.3 Å². The van der Waals surface area contributed by atoms with Crippen LogP contribution in [0.2, 0.25) is 0 Å². The number of sulfonamides is 1. The van der Waals surface area contributed by atoms with E-state index < -0.39 is 10.0 Å². The van der Waals surface area contributed by atoms with Gasteiger partial charge in [-0.05, 0) is 61.4 Å². The Balaban J connectivity index is 1.60. The molecule has 1 aromatic heterocycles. The van der Waals surface area contributed by atoms with Gasteiger partial charge in [0, 0.05) is 42.8 Å². The molecule has 0 saturated heterocycles. The Morgan fingerprint density at radius 3 is 2.45 bits per heavy atom.